The molecule has 2 aromatic carbocycles. The van der Waals surface area contributed by atoms with Crippen molar-refractivity contribution in [2.75, 3.05) is 0 Å². The van der Waals surface area contributed by atoms with Crippen molar-refractivity contribution in [2.45, 2.75) is 117 Å². The molecule has 8 N–H and O–H groups in total. The first kappa shape index (κ1) is 43.0. The van der Waals surface area contributed by atoms with Crippen LogP contribution in [0.2, 0.25) is 0 Å². The molecule has 52 heavy (non-hydrogen) atoms. The lowest BCUT2D eigenvalue weighted by molar-refractivity contribution is -0.134. The Balaban J connectivity index is 2.38. The summed E-state index contributed by atoms with van der Waals surface area (Å²) in [5.74, 6) is -3.01. The van der Waals surface area contributed by atoms with Crippen molar-refractivity contribution in [3.63, 3.8) is 0 Å². The molecule has 2 aromatic rings. The number of carbonyl (C=O) groups is 6. The fraction of sp³-hybridized carbons (Fsp3) is 0.526. The Morgan fingerprint density at radius 1 is 0.654 bits per heavy atom. The van der Waals surface area contributed by atoms with Gasteiger partial charge in [0.25, 0.3) is 0 Å². The smallest absolute Gasteiger partial charge is 0.408 e. The number of nitrogens with two attached hydrogens (primary N) is 2. The molecule has 6 amide bonds. The van der Waals surface area contributed by atoms with E-state index in [0.717, 1.165) is 5.56 Å². The molecule has 0 aliphatic carbocycles. The van der Waals surface area contributed by atoms with Gasteiger partial charge in [-0.2, -0.15) is 0 Å². The number of ether oxygens (including phenoxy) is 2. The highest BCUT2D eigenvalue weighted by Gasteiger charge is 2.32. The molecule has 2 rings (SSSR count). The maximum atomic E-state index is 14.0. The van der Waals surface area contributed by atoms with Gasteiger partial charge in [-0.05, 0) is 75.1 Å². The SMILES string of the molecule is CC(C)C[C@H](NC(=O)[C@H](CCC(N)=O)NC(=O)[C@H](Cc1ccc(OCc2ccccc2)cc1)NC(=O)[C@@H](CC(C)C)NC(=O)OC(C)(C)C)C(N)=O. The van der Waals surface area contributed by atoms with E-state index < -0.39 is 65.4 Å². The third-order valence-corrected chi connectivity index (χ3v) is 7.64. The number of hydrogen-bond donors (Lipinski definition) is 6. The molecule has 0 bridgehead atoms. The lowest BCUT2D eigenvalue weighted by atomic mass is 10.00. The summed E-state index contributed by atoms with van der Waals surface area (Å²) in [6.45, 7) is 12.9. The van der Waals surface area contributed by atoms with Crippen molar-refractivity contribution in [1.82, 2.24) is 21.3 Å². The number of rotatable bonds is 20. The standard InChI is InChI=1S/C38H56N6O8/c1-23(2)19-29(33(40)46)42-34(47)28(17-18-32(39)45)41-36(49)31(43-35(48)30(20-24(3)4)44-37(50)52-38(5,6)7)21-25-13-15-27(16-14-25)51-22-26-11-9-8-10-12-26/h8-16,23-24,28-31H,17-22H2,1-7H3,(H2,39,45)(H2,40,46)(H,41,49)(H,42,47)(H,43,48)(H,44,50)/t28-,29-,30+,31-/m0/s1. The zero-order chi connectivity index (χ0) is 39.0. The van der Waals surface area contributed by atoms with Crippen LogP contribution in [0, 0.1) is 11.8 Å². The average molecular weight is 725 g/mol. The van der Waals surface area contributed by atoms with E-state index in [1.165, 1.54) is 0 Å². The molecular weight excluding hydrogens is 668 g/mol. The minimum atomic E-state index is -1.30. The lowest BCUT2D eigenvalue weighted by Gasteiger charge is -2.27. The van der Waals surface area contributed by atoms with Gasteiger partial charge in [-0.15, -0.1) is 0 Å². The zero-order valence-electron chi connectivity index (χ0n) is 31.3. The number of benzene rings is 2. The van der Waals surface area contributed by atoms with Gasteiger partial charge in [0.2, 0.25) is 29.5 Å². The Kier molecular flexibility index (Phi) is 17.1. The summed E-state index contributed by atoms with van der Waals surface area (Å²) in [5.41, 5.74) is 11.7. The molecule has 4 atom stereocenters. The second-order valence-electron chi connectivity index (χ2n) is 14.7. The van der Waals surface area contributed by atoms with E-state index in [-0.39, 0.29) is 43.9 Å². The minimum absolute atomic E-state index is 0.0132. The highest BCUT2D eigenvalue weighted by molar-refractivity contribution is 5.95. The Morgan fingerprint density at radius 3 is 1.71 bits per heavy atom. The highest BCUT2D eigenvalue weighted by Crippen LogP contribution is 2.17. The average Bonchev–Trinajstić information content (AvgIpc) is 3.04. The van der Waals surface area contributed by atoms with Gasteiger partial charge in [-0.25, -0.2) is 4.79 Å². The molecule has 0 fully saturated rings. The van der Waals surface area contributed by atoms with E-state index in [1.807, 2.05) is 58.0 Å². The van der Waals surface area contributed by atoms with Crippen molar-refractivity contribution < 1.29 is 38.2 Å². The van der Waals surface area contributed by atoms with Crippen molar-refractivity contribution in [3.05, 3.63) is 65.7 Å². The molecule has 0 saturated heterocycles. The van der Waals surface area contributed by atoms with Gasteiger partial charge in [0, 0.05) is 12.8 Å². The number of hydrogen-bond acceptors (Lipinski definition) is 8. The van der Waals surface area contributed by atoms with Crippen molar-refractivity contribution >= 4 is 35.6 Å². The van der Waals surface area contributed by atoms with Crippen LogP contribution in [0.3, 0.4) is 0 Å². The number of carbonyl (C=O) groups excluding carboxylic acids is 6. The highest BCUT2D eigenvalue weighted by atomic mass is 16.6. The summed E-state index contributed by atoms with van der Waals surface area (Å²) in [7, 11) is 0. The van der Waals surface area contributed by atoms with E-state index >= 15 is 0 Å². The van der Waals surface area contributed by atoms with Gasteiger partial charge < -0.3 is 42.2 Å². The van der Waals surface area contributed by atoms with Crippen molar-refractivity contribution in [3.8, 4) is 5.75 Å². The van der Waals surface area contributed by atoms with E-state index in [9.17, 15) is 28.8 Å². The summed E-state index contributed by atoms with van der Waals surface area (Å²) in [6.07, 6.45) is -0.747. The first-order valence-electron chi connectivity index (χ1n) is 17.6. The van der Waals surface area contributed by atoms with Crippen LogP contribution in [0.25, 0.3) is 0 Å². The quantitative estimate of drug-likeness (QED) is 0.119. The number of nitrogens with one attached hydrogen (secondary N) is 4. The van der Waals surface area contributed by atoms with E-state index in [4.69, 9.17) is 20.9 Å². The molecule has 0 aliphatic rings. The second kappa shape index (κ2) is 20.6. The monoisotopic (exact) mass is 724 g/mol. The van der Waals surface area contributed by atoms with Gasteiger partial charge in [0.05, 0.1) is 0 Å². The van der Waals surface area contributed by atoms with Crippen LogP contribution in [-0.2, 0) is 41.7 Å². The largest absolute Gasteiger partial charge is 0.489 e. The van der Waals surface area contributed by atoms with Gasteiger partial charge in [0.1, 0.15) is 42.1 Å². The van der Waals surface area contributed by atoms with Gasteiger partial charge >= 0.3 is 6.09 Å². The van der Waals surface area contributed by atoms with Gasteiger partial charge in [0.15, 0.2) is 0 Å². The lowest BCUT2D eigenvalue weighted by Crippen LogP contribution is -2.59. The molecular formula is C38H56N6O8. The summed E-state index contributed by atoms with van der Waals surface area (Å²) in [6, 6.07) is 12.0. The van der Waals surface area contributed by atoms with Crippen LogP contribution >= 0.6 is 0 Å². The van der Waals surface area contributed by atoms with Crippen LogP contribution in [0.15, 0.2) is 54.6 Å². The topological polar surface area (TPSA) is 221 Å². The molecule has 0 spiro atoms. The van der Waals surface area contributed by atoms with Crippen LogP contribution in [0.1, 0.15) is 85.3 Å². The number of amides is 6. The summed E-state index contributed by atoms with van der Waals surface area (Å²) in [5, 5.41) is 10.6. The normalized spacial score (nSPS) is 13.6. The molecule has 14 nitrogen and oxygen atoms in total. The summed E-state index contributed by atoms with van der Waals surface area (Å²) < 4.78 is 11.3. The molecule has 286 valence electrons. The summed E-state index contributed by atoms with van der Waals surface area (Å²) >= 11 is 0. The molecule has 0 saturated carbocycles. The minimum Gasteiger partial charge on any atom is -0.489 e. The second-order valence-corrected chi connectivity index (χ2v) is 14.7. The van der Waals surface area contributed by atoms with Crippen LogP contribution < -0.4 is 37.5 Å². The maximum Gasteiger partial charge on any atom is 0.408 e. The predicted octanol–water partition coefficient (Wildman–Crippen LogP) is 3.00. The zero-order valence-corrected chi connectivity index (χ0v) is 31.3. The van der Waals surface area contributed by atoms with Crippen molar-refractivity contribution in [2.24, 2.45) is 23.3 Å². The maximum absolute atomic E-state index is 14.0. The first-order chi connectivity index (χ1) is 24.3. The van der Waals surface area contributed by atoms with E-state index in [2.05, 4.69) is 21.3 Å². The molecule has 0 unspecified atom stereocenters. The van der Waals surface area contributed by atoms with Crippen LogP contribution in [0.4, 0.5) is 4.79 Å². The Bertz CT molecular complexity index is 1490. The Hall–Kier alpha value is -5.14. The first-order valence-corrected chi connectivity index (χ1v) is 17.6. The predicted molar refractivity (Wildman–Crippen MR) is 196 cm³/mol. The molecule has 0 aliphatic heterocycles. The summed E-state index contributed by atoms with van der Waals surface area (Å²) in [4.78, 5) is 77.6. The van der Waals surface area contributed by atoms with Crippen LogP contribution in [0.5, 0.6) is 5.75 Å². The van der Waals surface area contributed by atoms with Gasteiger partial charge in [-0.1, -0.05) is 70.2 Å². The Labute approximate surface area is 306 Å². The number of alkyl carbamates (subject to hydrolysis) is 1. The molecule has 0 radical (unpaired) electrons. The van der Waals surface area contributed by atoms with Gasteiger partial charge in [-0.3, -0.25) is 24.0 Å². The third-order valence-electron chi connectivity index (χ3n) is 7.64. The molecule has 0 aromatic heterocycles. The Morgan fingerprint density at radius 2 is 1.17 bits per heavy atom. The van der Waals surface area contributed by atoms with E-state index in [0.29, 0.717) is 17.9 Å². The fourth-order valence-electron chi connectivity index (χ4n) is 5.15. The van der Waals surface area contributed by atoms with E-state index in [1.54, 1.807) is 45.0 Å². The molecule has 0 heterocycles. The third kappa shape index (κ3) is 16.7. The molecule has 14 heteroatoms. The van der Waals surface area contributed by atoms with Crippen LogP contribution in [-0.4, -0.2) is 65.4 Å². The number of primary amides is 2. The van der Waals surface area contributed by atoms with Crippen molar-refractivity contribution in [1.29, 1.82) is 0 Å². The fourth-order valence-corrected chi connectivity index (χ4v) is 5.15.